The molecule has 10 heavy (non-hydrogen) atoms. The smallest absolute Gasteiger partial charge is 0.150 e. The second-order valence-corrected chi connectivity index (χ2v) is 1.95. The summed E-state index contributed by atoms with van der Waals surface area (Å²) >= 11 is 5.46. The lowest BCUT2D eigenvalue weighted by molar-refractivity contribution is 0.945. The van der Waals surface area contributed by atoms with Crippen LogP contribution in [0.3, 0.4) is 0 Å². The zero-order chi connectivity index (χ0) is 6.69. The monoisotopic (exact) mass is 181 g/mol. The van der Waals surface area contributed by atoms with Crippen molar-refractivity contribution in [3.05, 3.63) is 11.6 Å². The van der Waals surface area contributed by atoms with Crippen molar-refractivity contribution >= 4 is 24.0 Å². The van der Waals surface area contributed by atoms with Crippen LogP contribution in [0.2, 0.25) is 0 Å². The van der Waals surface area contributed by atoms with Crippen LogP contribution in [0.4, 0.5) is 0 Å². The number of hydrogen-bond donors (Lipinski definition) is 1. The normalized spacial score (nSPS) is 9.00. The molecule has 0 aliphatic rings. The molecule has 0 unspecified atom stereocenters. The van der Waals surface area contributed by atoms with Gasteiger partial charge in [0, 0.05) is 6.42 Å². The van der Waals surface area contributed by atoms with Gasteiger partial charge < -0.3 is 0 Å². The van der Waals surface area contributed by atoms with E-state index in [4.69, 9.17) is 11.6 Å². The van der Waals surface area contributed by atoms with Crippen molar-refractivity contribution in [3.63, 3.8) is 0 Å². The van der Waals surface area contributed by atoms with Crippen molar-refractivity contribution in [2.75, 3.05) is 0 Å². The number of aryl methyl sites for hydroxylation is 1. The predicted molar refractivity (Wildman–Crippen MR) is 42.6 cm³/mol. The van der Waals surface area contributed by atoms with Crippen LogP contribution in [0, 0.1) is 0 Å². The average molecular weight is 182 g/mol. The van der Waals surface area contributed by atoms with Gasteiger partial charge >= 0.3 is 0 Å². The average Bonchev–Trinajstić information content (AvgIpc) is 2.34. The van der Waals surface area contributed by atoms with E-state index in [9.17, 15) is 0 Å². The highest BCUT2D eigenvalue weighted by molar-refractivity contribution is 6.16. The molecule has 0 spiro atoms. The van der Waals surface area contributed by atoms with Gasteiger partial charge in [-0.15, -0.1) is 24.0 Å². The van der Waals surface area contributed by atoms with E-state index in [-0.39, 0.29) is 12.4 Å². The Kier molecular flexibility index (Phi) is 4.40. The summed E-state index contributed by atoms with van der Waals surface area (Å²) in [6, 6.07) is 0. The fraction of sp³-hybridized carbons (Fsp3) is 0.600. The highest BCUT2D eigenvalue weighted by atomic mass is 35.5. The Morgan fingerprint density at radius 2 is 2.30 bits per heavy atom. The largest absolute Gasteiger partial charge is 0.262 e. The Balaban J connectivity index is 0.000000810. The van der Waals surface area contributed by atoms with E-state index in [0.717, 1.165) is 18.1 Å². The maximum atomic E-state index is 5.46. The summed E-state index contributed by atoms with van der Waals surface area (Å²) in [5, 5.41) is 6.60. The molecule has 1 N–H and O–H groups in total. The first-order chi connectivity index (χ1) is 4.36. The highest BCUT2D eigenvalue weighted by Gasteiger charge is 1.96. The van der Waals surface area contributed by atoms with Crippen LogP contribution in [0.15, 0.2) is 0 Å². The van der Waals surface area contributed by atoms with Crippen LogP contribution in [-0.2, 0) is 12.3 Å². The lowest BCUT2D eigenvalue weighted by atomic mass is 10.5. The van der Waals surface area contributed by atoms with Crippen LogP contribution in [0.5, 0.6) is 0 Å². The summed E-state index contributed by atoms with van der Waals surface area (Å²) in [4.78, 5) is 4.05. The molecule has 0 bridgehead atoms. The summed E-state index contributed by atoms with van der Waals surface area (Å²) < 4.78 is 0. The molecule has 1 heterocycles. The van der Waals surface area contributed by atoms with Gasteiger partial charge in [-0.3, -0.25) is 5.10 Å². The number of rotatable bonds is 2. The lowest BCUT2D eigenvalue weighted by Gasteiger charge is -1.79. The third kappa shape index (κ3) is 2.15. The Labute approximate surface area is 70.6 Å². The minimum atomic E-state index is 0. The molecule has 0 aromatic carbocycles. The van der Waals surface area contributed by atoms with E-state index in [2.05, 4.69) is 15.2 Å². The molecule has 0 amide bonds. The molecule has 58 valence electrons. The first kappa shape index (κ1) is 9.72. The second kappa shape index (κ2) is 4.52. The summed E-state index contributed by atoms with van der Waals surface area (Å²) in [6.07, 6.45) is 0.855. The molecule has 3 nitrogen and oxygen atoms in total. The van der Waals surface area contributed by atoms with Crippen molar-refractivity contribution in [2.45, 2.75) is 19.2 Å². The fourth-order valence-corrected chi connectivity index (χ4v) is 0.672. The van der Waals surface area contributed by atoms with Crippen LogP contribution in [0.25, 0.3) is 0 Å². The molecule has 0 atom stereocenters. The SMILES string of the molecule is CCc1n[nH]c(CCl)n1.Cl. The van der Waals surface area contributed by atoms with Crippen molar-refractivity contribution in [3.8, 4) is 0 Å². The maximum absolute atomic E-state index is 5.46. The third-order valence-corrected chi connectivity index (χ3v) is 1.27. The van der Waals surface area contributed by atoms with E-state index in [1.54, 1.807) is 0 Å². The predicted octanol–water partition coefficient (Wildman–Crippen LogP) is 1.53. The molecule has 0 saturated heterocycles. The minimum absolute atomic E-state index is 0. The molecule has 1 rings (SSSR count). The van der Waals surface area contributed by atoms with E-state index in [1.165, 1.54) is 0 Å². The molecule has 0 radical (unpaired) electrons. The zero-order valence-electron chi connectivity index (χ0n) is 5.59. The van der Waals surface area contributed by atoms with Crippen LogP contribution in [-0.4, -0.2) is 15.2 Å². The highest BCUT2D eigenvalue weighted by Crippen LogP contribution is 1.95. The number of aromatic amines is 1. The van der Waals surface area contributed by atoms with Crippen molar-refractivity contribution in [2.24, 2.45) is 0 Å². The van der Waals surface area contributed by atoms with E-state index < -0.39 is 0 Å². The molecule has 0 saturated carbocycles. The summed E-state index contributed by atoms with van der Waals surface area (Å²) in [6.45, 7) is 2.00. The Hall–Kier alpha value is -0.280. The van der Waals surface area contributed by atoms with E-state index in [0.29, 0.717) is 5.88 Å². The van der Waals surface area contributed by atoms with Crippen LogP contribution in [0.1, 0.15) is 18.6 Å². The summed E-state index contributed by atoms with van der Waals surface area (Å²) in [5.74, 6) is 1.98. The Morgan fingerprint density at radius 1 is 1.60 bits per heavy atom. The molecule has 1 aromatic rings. The van der Waals surface area contributed by atoms with Gasteiger partial charge in [-0.1, -0.05) is 6.92 Å². The number of aromatic nitrogens is 3. The van der Waals surface area contributed by atoms with Gasteiger partial charge in [-0.05, 0) is 0 Å². The quantitative estimate of drug-likeness (QED) is 0.704. The number of H-pyrrole nitrogens is 1. The standard InChI is InChI=1S/C5H8ClN3.ClH/c1-2-4-7-5(3-6)9-8-4;/h2-3H2,1H3,(H,7,8,9);1H. The van der Waals surface area contributed by atoms with Crippen molar-refractivity contribution in [1.82, 2.24) is 15.2 Å². The first-order valence-corrected chi connectivity index (χ1v) is 3.36. The molecular weight excluding hydrogens is 173 g/mol. The molecule has 1 aromatic heterocycles. The van der Waals surface area contributed by atoms with Crippen molar-refractivity contribution < 1.29 is 0 Å². The number of hydrogen-bond acceptors (Lipinski definition) is 2. The topological polar surface area (TPSA) is 41.6 Å². The van der Waals surface area contributed by atoms with Gasteiger partial charge in [0.1, 0.15) is 11.6 Å². The van der Waals surface area contributed by atoms with Gasteiger partial charge in [-0.25, -0.2) is 4.98 Å². The molecule has 0 fully saturated rings. The van der Waals surface area contributed by atoms with Crippen molar-refractivity contribution in [1.29, 1.82) is 0 Å². The zero-order valence-corrected chi connectivity index (χ0v) is 7.17. The molecular formula is C5H9Cl2N3. The number of nitrogens with zero attached hydrogens (tertiary/aromatic N) is 2. The van der Waals surface area contributed by atoms with Crippen LogP contribution >= 0.6 is 24.0 Å². The van der Waals surface area contributed by atoms with E-state index >= 15 is 0 Å². The summed E-state index contributed by atoms with van der Waals surface area (Å²) in [7, 11) is 0. The number of alkyl halides is 1. The maximum Gasteiger partial charge on any atom is 0.150 e. The second-order valence-electron chi connectivity index (χ2n) is 1.69. The van der Waals surface area contributed by atoms with E-state index in [1.807, 2.05) is 6.92 Å². The lowest BCUT2D eigenvalue weighted by Crippen LogP contribution is -1.82. The van der Waals surface area contributed by atoms with Crippen LogP contribution < -0.4 is 0 Å². The Bertz CT molecular complexity index is 168. The summed E-state index contributed by atoms with van der Waals surface area (Å²) in [5.41, 5.74) is 0. The fourth-order valence-electron chi connectivity index (χ4n) is 0.553. The molecule has 5 heteroatoms. The minimum Gasteiger partial charge on any atom is -0.262 e. The Morgan fingerprint density at radius 3 is 2.60 bits per heavy atom. The first-order valence-electron chi connectivity index (χ1n) is 2.83. The van der Waals surface area contributed by atoms with Gasteiger partial charge in [-0.2, -0.15) is 5.10 Å². The van der Waals surface area contributed by atoms with Gasteiger partial charge in [0.2, 0.25) is 0 Å². The van der Waals surface area contributed by atoms with Gasteiger partial charge in [0.15, 0.2) is 0 Å². The van der Waals surface area contributed by atoms with Gasteiger partial charge in [0.05, 0.1) is 5.88 Å². The molecule has 0 aliphatic carbocycles. The third-order valence-electron chi connectivity index (χ3n) is 1.02. The number of halogens is 2. The van der Waals surface area contributed by atoms with Gasteiger partial charge in [0.25, 0.3) is 0 Å². The molecule has 0 aliphatic heterocycles. The number of nitrogens with one attached hydrogen (secondary N) is 1.